The van der Waals surface area contributed by atoms with Crippen LogP contribution in [0.15, 0.2) is 12.1 Å². The predicted molar refractivity (Wildman–Crippen MR) is 49.5 cm³/mol. The first-order chi connectivity index (χ1) is 7.22. The van der Waals surface area contributed by atoms with Crippen LogP contribution in [0.25, 0.3) is 0 Å². The lowest BCUT2D eigenvalue weighted by Gasteiger charge is -2.12. The van der Waals surface area contributed by atoms with Crippen LogP contribution in [-0.4, -0.2) is 11.3 Å². The minimum absolute atomic E-state index is 0.0629. The van der Waals surface area contributed by atoms with Gasteiger partial charge in [0.25, 0.3) is 5.69 Å². The van der Waals surface area contributed by atoms with Gasteiger partial charge in [-0.15, -0.1) is 13.2 Å². The van der Waals surface area contributed by atoms with Gasteiger partial charge in [-0.05, 0) is 18.6 Å². The SMILES string of the molecule is Cc1ccc([N+](=O)[O-])c(Cl)c1OC(F)(F)F. The Hall–Kier alpha value is -1.50. The number of hydrogen-bond donors (Lipinski definition) is 0. The van der Waals surface area contributed by atoms with Gasteiger partial charge in [-0.1, -0.05) is 11.6 Å². The molecule has 0 heterocycles. The molecule has 0 fully saturated rings. The summed E-state index contributed by atoms with van der Waals surface area (Å²) >= 11 is 5.45. The van der Waals surface area contributed by atoms with E-state index in [0.717, 1.165) is 12.1 Å². The fourth-order valence-electron chi connectivity index (χ4n) is 1.02. The summed E-state index contributed by atoms with van der Waals surface area (Å²) in [6.07, 6.45) is -4.94. The first-order valence-corrected chi connectivity index (χ1v) is 4.29. The highest BCUT2D eigenvalue weighted by atomic mass is 35.5. The van der Waals surface area contributed by atoms with Crippen molar-refractivity contribution in [3.63, 3.8) is 0 Å². The largest absolute Gasteiger partial charge is 0.573 e. The van der Waals surface area contributed by atoms with Gasteiger partial charge in [-0.2, -0.15) is 0 Å². The van der Waals surface area contributed by atoms with Crippen LogP contribution in [0.5, 0.6) is 5.75 Å². The molecule has 0 aromatic heterocycles. The monoisotopic (exact) mass is 255 g/mol. The second-order valence-corrected chi connectivity index (χ2v) is 3.23. The van der Waals surface area contributed by atoms with Crippen molar-refractivity contribution < 1.29 is 22.8 Å². The van der Waals surface area contributed by atoms with E-state index in [0.29, 0.717) is 0 Å². The fraction of sp³-hybridized carbons (Fsp3) is 0.250. The van der Waals surface area contributed by atoms with Gasteiger partial charge >= 0.3 is 6.36 Å². The second kappa shape index (κ2) is 4.17. The van der Waals surface area contributed by atoms with Gasteiger partial charge in [0, 0.05) is 6.07 Å². The van der Waals surface area contributed by atoms with Crippen molar-refractivity contribution in [1.29, 1.82) is 0 Å². The van der Waals surface area contributed by atoms with E-state index in [1.54, 1.807) is 0 Å². The summed E-state index contributed by atoms with van der Waals surface area (Å²) < 4.78 is 39.6. The van der Waals surface area contributed by atoms with Crippen molar-refractivity contribution in [3.05, 3.63) is 32.8 Å². The number of alkyl halides is 3. The fourth-order valence-corrected chi connectivity index (χ4v) is 1.34. The lowest BCUT2D eigenvalue weighted by Crippen LogP contribution is -2.18. The van der Waals surface area contributed by atoms with E-state index in [9.17, 15) is 23.3 Å². The molecule has 1 aromatic carbocycles. The molecular weight excluding hydrogens is 251 g/mol. The van der Waals surface area contributed by atoms with Gasteiger partial charge in [0.15, 0.2) is 10.8 Å². The van der Waals surface area contributed by atoms with Crippen LogP contribution in [0.2, 0.25) is 5.02 Å². The third-order valence-corrected chi connectivity index (χ3v) is 2.05. The Balaban J connectivity index is 3.27. The molecule has 16 heavy (non-hydrogen) atoms. The lowest BCUT2D eigenvalue weighted by molar-refractivity contribution is -0.384. The number of hydrogen-bond acceptors (Lipinski definition) is 3. The van der Waals surface area contributed by atoms with Gasteiger partial charge in [0.1, 0.15) is 0 Å². The van der Waals surface area contributed by atoms with Gasteiger partial charge < -0.3 is 4.74 Å². The summed E-state index contributed by atoms with van der Waals surface area (Å²) in [4.78, 5) is 9.55. The molecule has 0 saturated heterocycles. The zero-order valence-electron chi connectivity index (χ0n) is 7.84. The zero-order valence-corrected chi connectivity index (χ0v) is 8.59. The van der Waals surface area contributed by atoms with Crippen LogP contribution >= 0.6 is 11.6 Å². The third-order valence-electron chi connectivity index (χ3n) is 1.69. The number of aryl methyl sites for hydroxylation is 1. The van der Waals surface area contributed by atoms with Crippen molar-refractivity contribution in [1.82, 2.24) is 0 Å². The summed E-state index contributed by atoms with van der Waals surface area (Å²) in [6, 6.07) is 2.14. The molecule has 0 spiro atoms. The van der Waals surface area contributed by atoms with Crippen molar-refractivity contribution >= 4 is 17.3 Å². The summed E-state index contributed by atoms with van der Waals surface area (Å²) in [5.41, 5.74) is -0.570. The van der Waals surface area contributed by atoms with Crippen LogP contribution in [0, 0.1) is 17.0 Å². The maximum Gasteiger partial charge on any atom is 0.573 e. The molecule has 88 valence electrons. The second-order valence-electron chi connectivity index (χ2n) is 2.85. The van der Waals surface area contributed by atoms with E-state index in [2.05, 4.69) is 4.74 Å². The Kier molecular flexibility index (Phi) is 3.27. The quantitative estimate of drug-likeness (QED) is 0.601. The van der Waals surface area contributed by atoms with Gasteiger partial charge in [-0.25, -0.2) is 0 Å². The average Bonchev–Trinajstić information content (AvgIpc) is 2.10. The summed E-state index contributed by atoms with van der Waals surface area (Å²) in [5, 5.41) is 9.77. The number of benzene rings is 1. The molecule has 0 radical (unpaired) electrons. The molecule has 0 amide bonds. The number of nitrogens with zero attached hydrogens (tertiary/aromatic N) is 1. The van der Waals surface area contributed by atoms with E-state index < -0.39 is 27.7 Å². The van der Waals surface area contributed by atoms with E-state index in [4.69, 9.17) is 11.6 Å². The molecule has 8 heteroatoms. The van der Waals surface area contributed by atoms with Crippen LogP contribution in [0.1, 0.15) is 5.56 Å². The van der Waals surface area contributed by atoms with Gasteiger partial charge in [0.2, 0.25) is 0 Å². The standard InChI is InChI=1S/C8H5ClF3NO3/c1-4-2-3-5(13(14)15)6(9)7(4)16-8(10,11)12/h2-3H,1H3. The number of rotatable bonds is 2. The molecule has 0 aliphatic carbocycles. The smallest absolute Gasteiger partial charge is 0.404 e. The maximum atomic E-state index is 12.0. The third kappa shape index (κ3) is 2.75. The van der Waals surface area contributed by atoms with Gasteiger partial charge in [0.05, 0.1) is 4.92 Å². The Bertz CT molecular complexity index is 433. The summed E-state index contributed by atoms with van der Waals surface area (Å²) in [5.74, 6) is -0.747. The van der Waals surface area contributed by atoms with Crippen LogP contribution < -0.4 is 4.74 Å². The van der Waals surface area contributed by atoms with Gasteiger partial charge in [-0.3, -0.25) is 10.1 Å². The van der Waals surface area contributed by atoms with Crippen LogP contribution in [0.3, 0.4) is 0 Å². The number of halogens is 4. The molecule has 0 unspecified atom stereocenters. The zero-order chi connectivity index (χ0) is 12.5. The van der Waals surface area contributed by atoms with Crippen LogP contribution in [0.4, 0.5) is 18.9 Å². The molecule has 0 bridgehead atoms. The lowest BCUT2D eigenvalue weighted by atomic mass is 10.2. The van der Waals surface area contributed by atoms with Crippen molar-refractivity contribution in [2.24, 2.45) is 0 Å². The normalized spacial score (nSPS) is 11.3. The molecule has 4 nitrogen and oxygen atoms in total. The van der Waals surface area contributed by atoms with E-state index in [1.165, 1.54) is 6.92 Å². The molecule has 0 saturated carbocycles. The molecule has 0 atom stereocenters. The Morgan fingerprint density at radius 3 is 2.44 bits per heavy atom. The number of nitro benzene ring substituents is 1. The van der Waals surface area contributed by atoms with E-state index in [1.807, 2.05) is 0 Å². The van der Waals surface area contributed by atoms with E-state index >= 15 is 0 Å². The van der Waals surface area contributed by atoms with Crippen molar-refractivity contribution in [2.75, 3.05) is 0 Å². The number of ether oxygens (including phenoxy) is 1. The summed E-state index contributed by atoms with van der Waals surface area (Å²) in [7, 11) is 0. The molecule has 1 aromatic rings. The average molecular weight is 256 g/mol. The highest BCUT2D eigenvalue weighted by Gasteiger charge is 2.34. The van der Waals surface area contributed by atoms with Crippen LogP contribution in [-0.2, 0) is 0 Å². The Labute approximate surface area is 92.7 Å². The highest BCUT2D eigenvalue weighted by molar-refractivity contribution is 6.34. The predicted octanol–water partition coefficient (Wildman–Crippen LogP) is 3.46. The van der Waals surface area contributed by atoms with E-state index in [-0.39, 0.29) is 5.56 Å². The van der Waals surface area contributed by atoms with Crippen molar-refractivity contribution in [2.45, 2.75) is 13.3 Å². The minimum atomic E-state index is -4.94. The number of nitro groups is 1. The topological polar surface area (TPSA) is 52.4 Å². The molecule has 0 aliphatic rings. The minimum Gasteiger partial charge on any atom is -0.404 e. The molecule has 0 N–H and O–H groups in total. The maximum absolute atomic E-state index is 12.0. The summed E-state index contributed by atoms with van der Waals surface area (Å²) in [6.45, 7) is 1.30. The molecular formula is C8H5ClF3NO3. The Morgan fingerprint density at radius 1 is 1.44 bits per heavy atom. The highest BCUT2D eigenvalue weighted by Crippen LogP contribution is 2.39. The molecule has 1 rings (SSSR count). The van der Waals surface area contributed by atoms with Crippen molar-refractivity contribution in [3.8, 4) is 5.75 Å². The first kappa shape index (κ1) is 12.6. The first-order valence-electron chi connectivity index (χ1n) is 3.91. The Morgan fingerprint density at radius 2 is 2.00 bits per heavy atom. The molecule has 0 aliphatic heterocycles.